The molecule has 0 aromatic heterocycles. The highest BCUT2D eigenvalue weighted by molar-refractivity contribution is 6.42. The van der Waals surface area contributed by atoms with Gasteiger partial charge < -0.3 is 19.9 Å². The average Bonchev–Trinajstić information content (AvgIpc) is 2.63. The molecule has 1 N–H and O–H groups in total. The molecule has 1 saturated heterocycles. The summed E-state index contributed by atoms with van der Waals surface area (Å²) in [7, 11) is 0. The van der Waals surface area contributed by atoms with Crippen LogP contribution in [0.3, 0.4) is 0 Å². The maximum Gasteiger partial charge on any atom is 0.312 e. The first kappa shape index (κ1) is 21.3. The maximum absolute atomic E-state index is 12.6. The largest absolute Gasteiger partial charge is 0.479 e. The van der Waals surface area contributed by atoms with E-state index in [0.717, 1.165) is 0 Å². The summed E-state index contributed by atoms with van der Waals surface area (Å²) in [5.74, 6) is -1.09. The zero-order valence-corrected chi connectivity index (χ0v) is 17.0. The molecule has 1 aromatic rings. The standard InChI is InChI=1S/C18H23Cl2N3O4/c1-11(2)21-16(24)18(26)23-9-7-22(8-10-23)17(25)12(3)27-14-6-4-5-13(19)15(14)20/h4-6,11-12H,7-10H2,1-3H3,(H,21,24). The van der Waals surface area contributed by atoms with Crippen LogP contribution in [-0.4, -0.2) is 65.8 Å². The van der Waals surface area contributed by atoms with Crippen LogP contribution >= 0.6 is 23.2 Å². The Bertz CT molecular complexity index is 719. The van der Waals surface area contributed by atoms with Crippen molar-refractivity contribution in [3.05, 3.63) is 28.2 Å². The van der Waals surface area contributed by atoms with Crippen molar-refractivity contribution < 1.29 is 19.1 Å². The molecule has 1 atom stereocenters. The third-order valence-corrected chi connectivity index (χ3v) is 4.86. The lowest BCUT2D eigenvalue weighted by Gasteiger charge is -2.35. The van der Waals surface area contributed by atoms with Crippen LogP contribution in [0.4, 0.5) is 0 Å². The second kappa shape index (κ2) is 9.28. The molecule has 1 aliphatic rings. The van der Waals surface area contributed by atoms with Gasteiger partial charge in [-0.15, -0.1) is 0 Å². The fraction of sp³-hybridized carbons (Fsp3) is 0.500. The van der Waals surface area contributed by atoms with E-state index in [2.05, 4.69) is 5.32 Å². The Morgan fingerprint density at radius 3 is 2.22 bits per heavy atom. The number of benzene rings is 1. The van der Waals surface area contributed by atoms with Gasteiger partial charge in [0, 0.05) is 32.2 Å². The van der Waals surface area contributed by atoms with Crippen molar-refractivity contribution in [1.82, 2.24) is 15.1 Å². The monoisotopic (exact) mass is 415 g/mol. The van der Waals surface area contributed by atoms with E-state index in [4.69, 9.17) is 27.9 Å². The number of rotatable bonds is 4. The average molecular weight is 416 g/mol. The van der Waals surface area contributed by atoms with Gasteiger partial charge >= 0.3 is 11.8 Å². The molecule has 0 radical (unpaired) electrons. The summed E-state index contributed by atoms with van der Waals surface area (Å²) in [5.41, 5.74) is 0. The highest BCUT2D eigenvalue weighted by Gasteiger charge is 2.30. The first-order valence-electron chi connectivity index (χ1n) is 8.70. The number of amides is 3. The second-order valence-electron chi connectivity index (χ2n) is 6.56. The molecule has 7 nitrogen and oxygen atoms in total. The Hall–Kier alpha value is -1.99. The minimum absolute atomic E-state index is 0.111. The molecule has 0 aliphatic carbocycles. The van der Waals surface area contributed by atoms with Crippen molar-refractivity contribution >= 4 is 40.9 Å². The summed E-state index contributed by atoms with van der Waals surface area (Å²) in [6, 6.07) is 4.85. The Morgan fingerprint density at radius 2 is 1.63 bits per heavy atom. The van der Waals surface area contributed by atoms with Gasteiger partial charge in [-0.05, 0) is 32.9 Å². The summed E-state index contributed by atoms with van der Waals surface area (Å²) in [6.07, 6.45) is -0.757. The smallest absolute Gasteiger partial charge is 0.312 e. The quantitative estimate of drug-likeness (QED) is 0.762. The number of hydrogen-bond donors (Lipinski definition) is 1. The van der Waals surface area contributed by atoms with Gasteiger partial charge in [0.15, 0.2) is 6.10 Å². The van der Waals surface area contributed by atoms with Crippen LogP contribution in [0.5, 0.6) is 5.75 Å². The van der Waals surface area contributed by atoms with Crippen LogP contribution < -0.4 is 10.1 Å². The van der Waals surface area contributed by atoms with E-state index >= 15 is 0 Å². The van der Waals surface area contributed by atoms with Crippen molar-refractivity contribution in [2.75, 3.05) is 26.2 Å². The lowest BCUT2D eigenvalue weighted by Crippen LogP contribution is -2.56. The molecule has 27 heavy (non-hydrogen) atoms. The van der Waals surface area contributed by atoms with Gasteiger partial charge in [0.25, 0.3) is 5.91 Å². The van der Waals surface area contributed by atoms with Gasteiger partial charge in [-0.1, -0.05) is 29.3 Å². The van der Waals surface area contributed by atoms with E-state index in [1.54, 1.807) is 43.9 Å². The van der Waals surface area contributed by atoms with Crippen molar-refractivity contribution in [1.29, 1.82) is 0 Å². The van der Waals surface area contributed by atoms with Gasteiger partial charge in [-0.3, -0.25) is 14.4 Å². The minimum Gasteiger partial charge on any atom is -0.479 e. The van der Waals surface area contributed by atoms with Crippen molar-refractivity contribution in [2.45, 2.75) is 32.9 Å². The molecule has 0 bridgehead atoms. The predicted molar refractivity (Wildman–Crippen MR) is 103 cm³/mol. The van der Waals surface area contributed by atoms with E-state index < -0.39 is 17.9 Å². The molecular formula is C18H23Cl2N3O4. The number of carbonyl (C=O) groups excluding carboxylic acids is 3. The number of nitrogens with one attached hydrogen (secondary N) is 1. The fourth-order valence-corrected chi connectivity index (χ4v) is 3.01. The Balaban J connectivity index is 1.89. The van der Waals surface area contributed by atoms with E-state index in [1.807, 2.05) is 0 Å². The molecule has 1 aliphatic heterocycles. The zero-order valence-electron chi connectivity index (χ0n) is 15.5. The third-order valence-electron chi connectivity index (χ3n) is 4.06. The van der Waals surface area contributed by atoms with Gasteiger partial charge in [0.1, 0.15) is 10.8 Å². The van der Waals surface area contributed by atoms with Gasteiger partial charge in [-0.25, -0.2) is 0 Å². The first-order valence-corrected chi connectivity index (χ1v) is 9.45. The molecule has 1 fully saturated rings. The number of piperazine rings is 1. The summed E-state index contributed by atoms with van der Waals surface area (Å²) in [5, 5.41) is 3.18. The third kappa shape index (κ3) is 5.49. The van der Waals surface area contributed by atoms with E-state index in [1.165, 1.54) is 4.90 Å². The normalized spacial score (nSPS) is 15.5. The molecule has 0 saturated carbocycles. The number of carbonyl (C=O) groups is 3. The second-order valence-corrected chi connectivity index (χ2v) is 7.34. The highest BCUT2D eigenvalue weighted by Crippen LogP contribution is 2.32. The molecule has 148 valence electrons. The molecule has 1 unspecified atom stereocenters. The SMILES string of the molecule is CC(C)NC(=O)C(=O)N1CCN(C(=O)C(C)Oc2cccc(Cl)c2Cl)CC1. The topological polar surface area (TPSA) is 79.0 Å². The van der Waals surface area contributed by atoms with Crippen LogP contribution in [0, 0.1) is 0 Å². The fourth-order valence-electron chi connectivity index (χ4n) is 2.67. The maximum atomic E-state index is 12.6. The van der Waals surface area contributed by atoms with Crippen LogP contribution in [0.25, 0.3) is 0 Å². The summed E-state index contributed by atoms with van der Waals surface area (Å²) in [6.45, 7) is 6.45. The van der Waals surface area contributed by atoms with Crippen molar-refractivity contribution in [3.8, 4) is 5.75 Å². The summed E-state index contributed by atoms with van der Waals surface area (Å²) >= 11 is 12.0. The molecule has 2 rings (SSSR count). The molecule has 1 heterocycles. The van der Waals surface area contributed by atoms with Crippen LogP contribution in [-0.2, 0) is 14.4 Å². The van der Waals surface area contributed by atoms with E-state index in [-0.39, 0.29) is 17.0 Å². The molecule has 1 aromatic carbocycles. The summed E-state index contributed by atoms with van der Waals surface area (Å²) < 4.78 is 5.64. The molecule has 0 spiro atoms. The zero-order chi connectivity index (χ0) is 20.1. The number of halogens is 2. The van der Waals surface area contributed by atoms with Crippen LogP contribution in [0.2, 0.25) is 10.0 Å². The van der Waals surface area contributed by atoms with Gasteiger partial charge in [-0.2, -0.15) is 0 Å². The van der Waals surface area contributed by atoms with Crippen LogP contribution in [0.15, 0.2) is 18.2 Å². The van der Waals surface area contributed by atoms with E-state index in [9.17, 15) is 14.4 Å². The minimum atomic E-state index is -0.757. The van der Waals surface area contributed by atoms with Gasteiger partial charge in [0.2, 0.25) is 0 Å². The number of nitrogens with zero attached hydrogens (tertiary/aromatic N) is 2. The lowest BCUT2D eigenvalue weighted by molar-refractivity contribution is -0.149. The summed E-state index contributed by atoms with van der Waals surface area (Å²) in [4.78, 5) is 39.6. The molecule has 9 heteroatoms. The number of ether oxygens (including phenoxy) is 1. The Labute approximate surface area is 168 Å². The molecule has 3 amide bonds. The van der Waals surface area contributed by atoms with Crippen molar-refractivity contribution in [2.24, 2.45) is 0 Å². The number of hydrogen-bond acceptors (Lipinski definition) is 4. The highest BCUT2D eigenvalue weighted by atomic mass is 35.5. The predicted octanol–water partition coefficient (Wildman–Crippen LogP) is 1.96. The van der Waals surface area contributed by atoms with Crippen molar-refractivity contribution in [3.63, 3.8) is 0 Å². The Kier molecular flexibility index (Phi) is 7.33. The molecular weight excluding hydrogens is 393 g/mol. The Morgan fingerprint density at radius 1 is 1.04 bits per heavy atom. The van der Waals surface area contributed by atoms with Gasteiger partial charge in [0.05, 0.1) is 5.02 Å². The lowest BCUT2D eigenvalue weighted by atomic mass is 10.2. The van der Waals surface area contributed by atoms with Crippen LogP contribution in [0.1, 0.15) is 20.8 Å². The van der Waals surface area contributed by atoms with E-state index in [0.29, 0.717) is 37.0 Å². The first-order chi connectivity index (χ1) is 12.7.